The average Bonchev–Trinajstić information content (AvgIpc) is 1.99. The van der Waals surface area contributed by atoms with Crippen LogP contribution in [0, 0.1) is 5.41 Å². The van der Waals surface area contributed by atoms with Crippen LogP contribution >= 0.6 is 0 Å². The van der Waals surface area contributed by atoms with E-state index in [1.54, 1.807) is 0 Å². The molecular formula is C8H17NO4S. The molecule has 0 radical (unpaired) electrons. The molecule has 0 spiro atoms. The number of sulfonamides is 1. The smallest absolute Gasteiger partial charge is 0.320 e. The van der Waals surface area contributed by atoms with Crippen molar-refractivity contribution in [1.29, 1.82) is 0 Å². The number of nitrogens with one attached hydrogen (secondary N) is 1. The molecule has 0 aliphatic heterocycles. The zero-order chi connectivity index (χ0) is 11.4. The highest BCUT2D eigenvalue weighted by atomic mass is 32.2. The van der Waals surface area contributed by atoms with Gasteiger partial charge in [0.2, 0.25) is 10.0 Å². The zero-order valence-corrected chi connectivity index (χ0v) is 9.52. The summed E-state index contributed by atoms with van der Waals surface area (Å²) in [5.41, 5.74) is -0.147. The van der Waals surface area contributed by atoms with Gasteiger partial charge in [-0.2, -0.15) is 0 Å². The first-order valence-corrected chi connectivity index (χ1v) is 6.03. The number of hydrogen-bond donors (Lipinski definition) is 2. The van der Waals surface area contributed by atoms with Gasteiger partial charge in [-0.25, -0.2) is 13.1 Å². The summed E-state index contributed by atoms with van der Waals surface area (Å²) >= 11 is 0. The van der Waals surface area contributed by atoms with E-state index in [0.29, 0.717) is 0 Å². The minimum absolute atomic E-state index is 0.147. The lowest BCUT2D eigenvalue weighted by atomic mass is 9.91. The molecular weight excluding hydrogens is 206 g/mol. The van der Waals surface area contributed by atoms with Gasteiger partial charge in [-0.05, 0) is 11.8 Å². The number of rotatable bonds is 6. The molecule has 0 fully saturated rings. The van der Waals surface area contributed by atoms with Gasteiger partial charge in [0.15, 0.2) is 5.75 Å². The summed E-state index contributed by atoms with van der Waals surface area (Å²) in [5.74, 6) is -2.21. The van der Waals surface area contributed by atoms with Crippen molar-refractivity contribution in [1.82, 2.24) is 4.72 Å². The van der Waals surface area contributed by atoms with Crippen LogP contribution in [-0.4, -0.2) is 31.8 Å². The van der Waals surface area contributed by atoms with Crippen LogP contribution in [0.1, 0.15) is 27.2 Å². The molecule has 0 aliphatic carbocycles. The molecule has 0 bridgehead atoms. The van der Waals surface area contributed by atoms with Crippen LogP contribution < -0.4 is 4.72 Å². The van der Waals surface area contributed by atoms with Crippen molar-refractivity contribution in [2.45, 2.75) is 27.2 Å². The first-order chi connectivity index (χ1) is 6.18. The van der Waals surface area contributed by atoms with E-state index in [-0.39, 0.29) is 12.0 Å². The molecule has 0 aromatic carbocycles. The van der Waals surface area contributed by atoms with E-state index < -0.39 is 21.7 Å². The molecule has 0 aliphatic rings. The van der Waals surface area contributed by atoms with Crippen LogP contribution in [0.3, 0.4) is 0 Å². The molecule has 2 N–H and O–H groups in total. The van der Waals surface area contributed by atoms with Gasteiger partial charge in [-0.1, -0.05) is 20.8 Å². The highest BCUT2D eigenvalue weighted by molar-refractivity contribution is 7.90. The van der Waals surface area contributed by atoms with Crippen LogP contribution in [0.15, 0.2) is 0 Å². The SMILES string of the molecule is CCC(C)(C)CNS(=O)(=O)CC(=O)O. The third kappa shape index (κ3) is 5.93. The Labute approximate surface area is 84.6 Å². The quantitative estimate of drug-likeness (QED) is 0.684. The molecule has 84 valence electrons. The largest absolute Gasteiger partial charge is 0.480 e. The summed E-state index contributed by atoms with van der Waals surface area (Å²) in [7, 11) is -3.67. The molecule has 0 rings (SSSR count). The Bertz CT molecular complexity index is 294. The molecule has 0 aromatic rings. The molecule has 0 amide bonds. The summed E-state index contributed by atoms with van der Waals surface area (Å²) in [5, 5.41) is 8.32. The van der Waals surface area contributed by atoms with Crippen LogP contribution in [0.25, 0.3) is 0 Å². The van der Waals surface area contributed by atoms with Crippen LogP contribution in [0.4, 0.5) is 0 Å². The van der Waals surface area contributed by atoms with Crippen molar-refractivity contribution < 1.29 is 18.3 Å². The molecule has 0 aromatic heterocycles. The van der Waals surface area contributed by atoms with E-state index in [2.05, 4.69) is 4.72 Å². The first kappa shape index (κ1) is 13.4. The fourth-order valence-electron chi connectivity index (χ4n) is 0.644. The molecule has 0 atom stereocenters. The standard InChI is InChI=1S/C8H17NO4S/c1-4-8(2,3)6-9-14(12,13)5-7(10)11/h9H,4-6H2,1-3H3,(H,10,11). The third-order valence-corrected chi connectivity index (χ3v) is 3.25. The third-order valence-electron chi connectivity index (χ3n) is 2.04. The van der Waals surface area contributed by atoms with Crippen molar-refractivity contribution in [3.05, 3.63) is 0 Å². The van der Waals surface area contributed by atoms with Crippen molar-refractivity contribution in [2.24, 2.45) is 5.41 Å². The second kappa shape index (κ2) is 4.75. The van der Waals surface area contributed by atoms with E-state index in [0.717, 1.165) is 6.42 Å². The van der Waals surface area contributed by atoms with Gasteiger partial charge in [0.25, 0.3) is 0 Å². The topological polar surface area (TPSA) is 83.5 Å². The normalized spacial score (nSPS) is 12.8. The molecule has 0 heterocycles. The Kier molecular flexibility index (Phi) is 4.54. The minimum atomic E-state index is -3.67. The van der Waals surface area contributed by atoms with E-state index in [1.165, 1.54) is 0 Å². The van der Waals surface area contributed by atoms with Gasteiger partial charge in [-0.15, -0.1) is 0 Å². The van der Waals surface area contributed by atoms with Crippen molar-refractivity contribution >= 4 is 16.0 Å². The second-order valence-electron chi connectivity index (χ2n) is 3.99. The molecule has 0 unspecified atom stereocenters. The fraction of sp³-hybridized carbons (Fsp3) is 0.875. The molecule has 6 heteroatoms. The van der Waals surface area contributed by atoms with Crippen molar-refractivity contribution in [3.63, 3.8) is 0 Å². The van der Waals surface area contributed by atoms with Gasteiger partial charge in [0.1, 0.15) is 0 Å². The van der Waals surface area contributed by atoms with Gasteiger partial charge in [0.05, 0.1) is 0 Å². The summed E-state index contributed by atoms with van der Waals surface area (Å²) in [6, 6.07) is 0. The number of carbonyl (C=O) groups is 1. The Morgan fingerprint density at radius 2 is 1.93 bits per heavy atom. The predicted molar refractivity (Wildman–Crippen MR) is 53.5 cm³/mol. The summed E-state index contributed by atoms with van der Waals surface area (Å²) in [4.78, 5) is 10.2. The van der Waals surface area contributed by atoms with Gasteiger partial charge in [-0.3, -0.25) is 4.79 Å². The average molecular weight is 223 g/mol. The maximum Gasteiger partial charge on any atom is 0.320 e. The molecule has 0 saturated heterocycles. The monoisotopic (exact) mass is 223 g/mol. The van der Waals surface area contributed by atoms with E-state index in [4.69, 9.17) is 5.11 Å². The lowest BCUT2D eigenvalue weighted by molar-refractivity contribution is -0.134. The number of carboxylic acids is 1. The predicted octanol–water partition coefficient (Wildman–Crippen LogP) is 0.427. The number of aliphatic carboxylic acids is 1. The Morgan fingerprint density at radius 1 is 1.43 bits per heavy atom. The van der Waals surface area contributed by atoms with Gasteiger partial charge >= 0.3 is 5.97 Å². The van der Waals surface area contributed by atoms with Gasteiger partial charge in [0, 0.05) is 6.54 Å². The summed E-state index contributed by atoms with van der Waals surface area (Å²) in [6.07, 6.45) is 0.822. The lowest BCUT2D eigenvalue weighted by Gasteiger charge is -2.22. The Morgan fingerprint density at radius 3 is 2.29 bits per heavy atom. The van der Waals surface area contributed by atoms with E-state index in [9.17, 15) is 13.2 Å². The van der Waals surface area contributed by atoms with Crippen LogP contribution in [-0.2, 0) is 14.8 Å². The summed E-state index contributed by atoms with van der Waals surface area (Å²) < 4.78 is 24.5. The Hall–Kier alpha value is -0.620. The fourth-order valence-corrected chi connectivity index (χ4v) is 1.68. The number of carboxylic acid groups (broad SMARTS) is 1. The maximum atomic E-state index is 11.1. The van der Waals surface area contributed by atoms with Crippen LogP contribution in [0.5, 0.6) is 0 Å². The Balaban J connectivity index is 4.20. The molecule has 0 saturated carbocycles. The van der Waals surface area contributed by atoms with Crippen molar-refractivity contribution in [2.75, 3.05) is 12.3 Å². The molecule has 5 nitrogen and oxygen atoms in total. The minimum Gasteiger partial charge on any atom is -0.480 e. The maximum absolute atomic E-state index is 11.1. The van der Waals surface area contributed by atoms with Crippen molar-refractivity contribution in [3.8, 4) is 0 Å². The highest BCUT2D eigenvalue weighted by Crippen LogP contribution is 2.17. The highest BCUT2D eigenvalue weighted by Gasteiger charge is 2.21. The van der Waals surface area contributed by atoms with E-state index >= 15 is 0 Å². The zero-order valence-electron chi connectivity index (χ0n) is 8.70. The first-order valence-electron chi connectivity index (χ1n) is 4.38. The van der Waals surface area contributed by atoms with Gasteiger partial charge < -0.3 is 5.11 Å². The van der Waals surface area contributed by atoms with Crippen LogP contribution in [0.2, 0.25) is 0 Å². The second-order valence-corrected chi connectivity index (χ2v) is 5.80. The number of hydrogen-bond acceptors (Lipinski definition) is 3. The van der Waals surface area contributed by atoms with E-state index in [1.807, 2.05) is 20.8 Å². The summed E-state index contributed by atoms with van der Waals surface area (Å²) in [6.45, 7) is 6.04. The molecule has 14 heavy (non-hydrogen) atoms. The lowest BCUT2D eigenvalue weighted by Crippen LogP contribution is -2.36.